The maximum Gasteiger partial charge on any atom is 1.00 e. The van der Waals surface area contributed by atoms with Crippen LogP contribution in [0, 0.1) is 5.41 Å². The first kappa shape index (κ1) is 19.6. The molecule has 1 fully saturated rings. The molecule has 1 unspecified atom stereocenters. The van der Waals surface area contributed by atoms with E-state index in [4.69, 9.17) is 9.47 Å². The second-order valence-electron chi connectivity index (χ2n) is 6.70. The summed E-state index contributed by atoms with van der Waals surface area (Å²) in [6, 6.07) is 7.26. The zero-order valence-corrected chi connectivity index (χ0v) is 17.0. The van der Waals surface area contributed by atoms with E-state index in [2.05, 4.69) is 0 Å². The number of carbonyl (C=O) groups excluding carboxylic acids is 2. The van der Waals surface area contributed by atoms with E-state index in [9.17, 15) is 14.7 Å². The van der Waals surface area contributed by atoms with E-state index in [1.165, 1.54) is 0 Å². The fourth-order valence-electron chi connectivity index (χ4n) is 2.85. The predicted octanol–water partition coefficient (Wildman–Crippen LogP) is -1.71. The summed E-state index contributed by atoms with van der Waals surface area (Å²) >= 11 is 0. The Morgan fingerprint density at radius 3 is 2.52 bits per heavy atom. The number of carbonyl (C=O) groups is 2. The third-order valence-electron chi connectivity index (χ3n) is 3.98. The predicted molar refractivity (Wildman–Crippen MR) is 84.2 cm³/mol. The number of methoxy groups -OCH3 is 1. The smallest absolute Gasteiger partial charge is 0.543 e. The molecule has 3 rings (SSSR count). The molecular weight excluding hydrogens is 333 g/mol. The van der Waals surface area contributed by atoms with Gasteiger partial charge in [-0.05, 0) is 12.1 Å². The number of para-hydroxylation sites is 1. The van der Waals surface area contributed by atoms with Gasteiger partial charge in [0.1, 0.15) is 17.2 Å². The van der Waals surface area contributed by atoms with Crippen molar-refractivity contribution < 1.29 is 53.7 Å². The number of carboxylic acid groups (broad SMARTS) is 1. The van der Waals surface area contributed by atoms with Gasteiger partial charge in [-0.1, -0.05) is 39.0 Å². The molecule has 2 heterocycles. The topological polar surface area (TPSA) is 78.9 Å². The van der Waals surface area contributed by atoms with Crippen LogP contribution in [0.15, 0.2) is 41.3 Å². The summed E-state index contributed by atoms with van der Waals surface area (Å²) in [6.45, 7) is 5.47. The molecule has 1 saturated heterocycles. The molecule has 0 saturated carbocycles. The van der Waals surface area contributed by atoms with Gasteiger partial charge in [0.25, 0.3) is 5.91 Å². The first-order chi connectivity index (χ1) is 11.3. The number of allylic oxidation sites excluding steroid dienone is 1. The summed E-state index contributed by atoms with van der Waals surface area (Å²) in [7, 11) is 1.55. The van der Waals surface area contributed by atoms with Crippen molar-refractivity contribution in [2.75, 3.05) is 7.11 Å². The number of nitrogens with zero attached hydrogens (tertiary/aromatic N) is 1. The number of hydrogen-bond acceptors (Lipinski definition) is 5. The summed E-state index contributed by atoms with van der Waals surface area (Å²) in [5.74, 6) is -0.931. The zero-order valence-electron chi connectivity index (χ0n) is 15.0. The van der Waals surface area contributed by atoms with Crippen molar-refractivity contribution in [3.8, 4) is 5.75 Å². The van der Waals surface area contributed by atoms with E-state index >= 15 is 0 Å². The van der Waals surface area contributed by atoms with E-state index in [0.29, 0.717) is 11.3 Å². The molecule has 7 heteroatoms. The van der Waals surface area contributed by atoms with Crippen molar-refractivity contribution in [3.63, 3.8) is 0 Å². The molecule has 6 nitrogen and oxygen atoms in total. The first-order valence-electron chi connectivity index (χ1n) is 7.56. The van der Waals surface area contributed by atoms with Gasteiger partial charge in [-0.2, -0.15) is 0 Å². The number of β-lactam (4-membered cyclic amide) rings is 1. The van der Waals surface area contributed by atoms with Crippen LogP contribution in [0.4, 0.5) is 0 Å². The standard InChI is InChI=1S/C18H19NO5.Na/c1-18(2,3)14-13(17(21)22)19-15(20)11(16(19)24-14)9-10-7-5-6-8-12(10)23-4;/h5-9,16H,1-4H3,(H,21,22);/q;+1/p-1/b11-9-;. The number of fused-ring (bicyclic) bond motifs is 1. The molecule has 0 bridgehead atoms. The van der Waals surface area contributed by atoms with Crippen LogP contribution in [0.3, 0.4) is 0 Å². The van der Waals surface area contributed by atoms with Crippen LogP contribution < -0.4 is 39.4 Å². The Hall–Kier alpha value is -1.76. The van der Waals surface area contributed by atoms with Crippen LogP contribution in [0.2, 0.25) is 0 Å². The minimum atomic E-state index is -1.41. The molecule has 1 aromatic rings. The third-order valence-corrected chi connectivity index (χ3v) is 3.98. The van der Waals surface area contributed by atoms with Crippen molar-refractivity contribution in [1.82, 2.24) is 4.90 Å². The SMILES string of the molecule is COc1ccccc1/C=C1/C(=O)N2C(C(=O)[O-])=C(C(C)(C)C)OC12.[Na+]. The van der Waals surface area contributed by atoms with Gasteiger partial charge in [0.05, 0.1) is 18.7 Å². The fourth-order valence-corrected chi connectivity index (χ4v) is 2.85. The molecule has 0 spiro atoms. The number of ether oxygens (including phenoxy) is 2. The largest absolute Gasteiger partial charge is 1.00 e. The maximum absolute atomic E-state index is 12.4. The van der Waals surface area contributed by atoms with Crippen LogP contribution in [0.25, 0.3) is 6.08 Å². The van der Waals surface area contributed by atoms with Crippen LogP contribution in [-0.4, -0.2) is 30.1 Å². The molecule has 126 valence electrons. The van der Waals surface area contributed by atoms with E-state index in [1.54, 1.807) is 19.3 Å². The molecule has 2 aliphatic heterocycles. The van der Waals surface area contributed by atoms with Crippen LogP contribution in [0.5, 0.6) is 5.75 Å². The average Bonchev–Trinajstić information content (AvgIpc) is 2.89. The van der Waals surface area contributed by atoms with Gasteiger partial charge in [0, 0.05) is 11.0 Å². The molecule has 1 aromatic carbocycles. The van der Waals surface area contributed by atoms with Crippen molar-refractivity contribution in [2.24, 2.45) is 5.41 Å². The minimum absolute atomic E-state index is 0. The van der Waals surface area contributed by atoms with Crippen molar-refractivity contribution in [3.05, 3.63) is 46.9 Å². The monoisotopic (exact) mass is 351 g/mol. The Labute approximate surface area is 168 Å². The Morgan fingerprint density at radius 1 is 1.32 bits per heavy atom. The van der Waals surface area contributed by atoms with Crippen LogP contribution in [0.1, 0.15) is 26.3 Å². The van der Waals surface area contributed by atoms with Gasteiger partial charge in [0.2, 0.25) is 6.23 Å². The number of carboxylic acids is 1. The number of benzene rings is 1. The van der Waals surface area contributed by atoms with Crippen molar-refractivity contribution in [2.45, 2.75) is 27.0 Å². The average molecular weight is 351 g/mol. The number of aliphatic carboxylic acids is 1. The Bertz CT molecular complexity index is 791. The Morgan fingerprint density at radius 2 is 1.96 bits per heavy atom. The van der Waals surface area contributed by atoms with Gasteiger partial charge in [-0.15, -0.1) is 0 Å². The molecular formula is C18H18NNaO5. The fraction of sp³-hybridized carbons (Fsp3) is 0.333. The van der Waals surface area contributed by atoms with E-state index in [-0.39, 0.29) is 41.0 Å². The molecule has 25 heavy (non-hydrogen) atoms. The Balaban J connectivity index is 0.00000225. The second-order valence-corrected chi connectivity index (χ2v) is 6.70. The second kappa shape index (κ2) is 6.86. The van der Waals surface area contributed by atoms with Crippen molar-refractivity contribution >= 4 is 18.0 Å². The minimum Gasteiger partial charge on any atom is -0.543 e. The van der Waals surface area contributed by atoms with E-state index < -0.39 is 23.5 Å². The van der Waals surface area contributed by atoms with Crippen LogP contribution in [-0.2, 0) is 14.3 Å². The summed E-state index contributed by atoms with van der Waals surface area (Å²) in [5, 5.41) is 11.5. The molecule has 0 N–H and O–H groups in total. The molecule has 0 aromatic heterocycles. The summed E-state index contributed by atoms with van der Waals surface area (Å²) in [6.07, 6.45) is 0.936. The van der Waals surface area contributed by atoms with Crippen LogP contribution >= 0.6 is 0 Å². The molecule has 1 amide bonds. The van der Waals surface area contributed by atoms with Gasteiger partial charge in [-0.25, -0.2) is 0 Å². The number of rotatable bonds is 3. The Kier molecular flexibility index (Phi) is 5.37. The molecule has 0 aliphatic carbocycles. The van der Waals surface area contributed by atoms with Gasteiger partial charge < -0.3 is 19.4 Å². The quantitative estimate of drug-likeness (QED) is 0.368. The van der Waals surface area contributed by atoms with E-state index in [1.807, 2.05) is 39.0 Å². The summed E-state index contributed by atoms with van der Waals surface area (Å²) in [4.78, 5) is 25.1. The normalized spacial score (nSPS) is 20.6. The van der Waals surface area contributed by atoms with Gasteiger partial charge >= 0.3 is 29.6 Å². The maximum atomic E-state index is 12.4. The first-order valence-corrected chi connectivity index (χ1v) is 7.56. The summed E-state index contributed by atoms with van der Waals surface area (Å²) in [5.41, 5.74) is 0.376. The third kappa shape index (κ3) is 3.21. The van der Waals surface area contributed by atoms with Crippen molar-refractivity contribution in [1.29, 1.82) is 0 Å². The summed E-state index contributed by atoms with van der Waals surface area (Å²) < 4.78 is 11.1. The van der Waals surface area contributed by atoms with Gasteiger partial charge in [0.15, 0.2) is 0 Å². The molecule has 2 aliphatic rings. The number of amides is 1. The van der Waals surface area contributed by atoms with Gasteiger partial charge in [-0.3, -0.25) is 9.69 Å². The zero-order chi connectivity index (χ0) is 17.6. The number of hydrogen-bond donors (Lipinski definition) is 0. The molecule has 1 atom stereocenters. The molecule has 0 radical (unpaired) electrons. The van der Waals surface area contributed by atoms with E-state index in [0.717, 1.165) is 10.5 Å².